The number of carbonyl (C=O) groups is 1. The van der Waals surface area contributed by atoms with Crippen LogP contribution in [-0.2, 0) is 10.4 Å². The van der Waals surface area contributed by atoms with Crippen molar-refractivity contribution >= 4 is 5.78 Å². The molecule has 0 amide bonds. The number of Topliss-reactive ketones (excluding diaryl/α,β-unsaturated/α-hetero) is 1. The van der Waals surface area contributed by atoms with Crippen LogP contribution in [0.1, 0.15) is 19.4 Å². The van der Waals surface area contributed by atoms with Gasteiger partial charge in [-0.05, 0) is 25.0 Å². The first kappa shape index (κ1) is 10.7. The molecule has 0 aliphatic carbocycles. The molecule has 0 aromatic heterocycles. The van der Waals surface area contributed by atoms with Gasteiger partial charge in [-0.1, -0.05) is 36.9 Å². The molecule has 0 spiro atoms. The zero-order valence-electron chi connectivity index (χ0n) is 8.45. The van der Waals surface area contributed by atoms with Gasteiger partial charge in [0.05, 0.1) is 0 Å². The third kappa shape index (κ3) is 1.91. The average Bonchev–Trinajstić information content (AvgIpc) is 2.18. The van der Waals surface area contributed by atoms with Crippen molar-refractivity contribution in [2.45, 2.75) is 19.4 Å². The second-order valence-electron chi connectivity index (χ2n) is 3.55. The average molecular weight is 190 g/mol. The maximum atomic E-state index is 11.6. The van der Waals surface area contributed by atoms with Crippen LogP contribution in [0.5, 0.6) is 0 Å². The summed E-state index contributed by atoms with van der Waals surface area (Å²) in [4.78, 5) is 11.6. The number of hydrogen-bond donors (Lipinski definition) is 1. The van der Waals surface area contributed by atoms with Crippen LogP contribution < -0.4 is 0 Å². The number of carbonyl (C=O) groups excluding carboxylic acids is 1. The molecule has 1 aromatic carbocycles. The maximum absolute atomic E-state index is 11.6. The van der Waals surface area contributed by atoms with E-state index in [9.17, 15) is 9.90 Å². The molecule has 0 bridgehead atoms. The summed E-state index contributed by atoms with van der Waals surface area (Å²) in [6, 6.07) is 8.86. The fraction of sp³-hybridized carbons (Fsp3) is 0.250. The van der Waals surface area contributed by atoms with Gasteiger partial charge in [-0.2, -0.15) is 0 Å². The van der Waals surface area contributed by atoms with Crippen LogP contribution in [-0.4, -0.2) is 10.9 Å². The highest BCUT2D eigenvalue weighted by Crippen LogP contribution is 2.23. The summed E-state index contributed by atoms with van der Waals surface area (Å²) in [6.45, 7) is 6.62. The Labute approximate surface area is 83.9 Å². The molecular weight excluding hydrogens is 176 g/mol. The van der Waals surface area contributed by atoms with Gasteiger partial charge in [0.1, 0.15) is 5.60 Å². The molecule has 0 fully saturated rings. The first-order chi connectivity index (χ1) is 6.46. The molecule has 0 heterocycles. The molecule has 1 aromatic rings. The smallest absolute Gasteiger partial charge is 0.193 e. The van der Waals surface area contributed by atoms with Crippen LogP contribution in [0.4, 0.5) is 0 Å². The molecule has 0 aliphatic rings. The standard InChI is InChI=1S/C12H14O2/c1-9(2)11(13)12(3,14)10-7-5-4-6-8-10/h4-8,14H,1H2,2-3H3. The lowest BCUT2D eigenvalue weighted by molar-refractivity contribution is -0.132. The third-order valence-corrected chi connectivity index (χ3v) is 2.17. The molecule has 14 heavy (non-hydrogen) atoms. The molecule has 1 N–H and O–H groups in total. The zero-order chi connectivity index (χ0) is 10.8. The van der Waals surface area contributed by atoms with E-state index in [0.29, 0.717) is 11.1 Å². The highest BCUT2D eigenvalue weighted by Gasteiger charge is 2.31. The summed E-state index contributed by atoms with van der Waals surface area (Å²) in [5.41, 5.74) is -0.514. The van der Waals surface area contributed by atoms with E-state index < -0.39 is 5.60 Å². The molecule has 0 radical (unpaired) electrons. The van der Waals surface area contributed by atoms with Gasteiger partial charge in [0.2, 0.25) is 0 Å². The van der Waals surface area contributed by atoms with Gasteiger partial charge in [0.25, 0.3) is 0 Å². The Morgan fingerprint density at radius 3 is 2.29 bits per heavy atom. The number of aliphatic hydroxyl groups is 1. The van der Waals surface area contributed by atoms with Crippen molar-refractivity contribution in [3.8, 4) is 0 Å². The number of hydrogen-bond acceptors (Lipinski definition) is 2. The van der Waals surface area contributed by atoms with E-state index in [-0.39, 0.29) is 5.78 Å². The Kier molecular flexibility index (Phi) is 2.87. The molecule has 1 rings (SSSR count). The molecule has 1 unspecified atom stereocenters. The van der Waals surface area contributed by atoms with Crippen LogP contribution in [0.2, 0.25) is 0 Å². The van der Waals surface area contributed by atoms with Gasteiger partial charge >= 0.3 is 0 Å². The Hall–Kier alpha value is -1.41. The van der Waals surface area contributed by atoms with Crippen molar-refractivity contribution in [3.05, 3.63) is 48.0 Å². The van der Waals surface area contributed by atoms with Crippen molar-refractivity contribution in [2.24, 2.45) is 0 Å². The van der Waals surface area contributed by atoms with E-state index in [1.807, 2.05) is 6.07 Å². The SMILES string of the molecule is C=C(C)C(=O)C(C)(O)c1ccccc1. The first-order valence-electron chi connectivity index (χ1n) is 4.44. The predicted molar refractivity (Wildman–Crippen MR) is 55.8 cm³/mol. The summed E-state index contributed by atoms with van der Waals surface area (Å²) >= 11 is 0. The Morgan fingerprint density at radius 2 is 1.86 bits per heavy atom. The van der Waals surface area contributed by atoms with Gasteiger partial charge in [-0.15, -0.1) is 0 Å². The van der Waals surface area contributed by atoms with E-state index >= 15 is 0 Å². The lowest BCUT2D eigenvalue weighted by atomic mass is 9.88. The molecular formula is C12H14O2. The number of ketones is 1. The fourth-order valence-corrected chi connectivity index (χ4v) is 1.31. The first-order valence-corrected chi connectivity index (χ1v) is 4.44. The maximum Gasteiger partial charge on any atom is 0.193 e. The largest absolute Gasteiger partial charge is 0.377 e. The molecule has 0 aliphatic heterocycles. The molecule has 2 heteroatoms. The number of benzene rings is 1. The van der Waals surface area contributed by atoms with E-state index in [4.69, 9.17) is 0 Å². The molecule has 0 saturated heterocycles. The zero-order valence-corrected chi connectivity index (χ0v) is 8.45. The summed E-state index contributed by atoms with van der Waals surface area (Å²) in [6.07, 6.45) is 0. The summed E-state index contributed by atoms with van der Waals surface area (Å²) in [7, 11) is 0. The highest BCUT2D eigenvalue weighted by atomic mass is 16.3. The van der Waals surface area contributed by atoms with Gasteiger partial charge in [0, 0.05) is 0 Å². The summed E-state index contributed by atoms with van der Waals surface area (Å²) in [5.74, 6) is -0.344. The highest BCUT2D eigenvalue weighted by molar-refractivity contribution is 6.00. The van der Waals surface area contributed by atoms with Crippen molar-refractivity contribution in [1.82, 2.24) is 0 Å². The van der Waals surface area contributed by atoms with E-state index in [1.54, 1.807) is 31.2 Å². The van der Waals surface area contributed by atoms with Crippen molar-refractivity contribution in [3.63, 3.8) is 0 Å². The molecule has 0 saturated carbocycles. The molecule has 2 nitrogen and oxygen atoms in total. The predicted octanol–water partition coefficient (Wildman–Crippen LogP) is 2.04. The van der Waals surface area contributed by atoms with Crippen molar-refractivity contribution in [2.75, 3.05) is 0 Å². The Balaban J connectivity index is 3.08. The van der Waals surface area contributed by atoms with Gasteiger partial charge in [-0.3, -0.25) is 4.79 Å². The second kappa shape index (κ2) is 3.76. The minimum absolute atomic E-state index is 0.344. The minimum atomic E-state index is -1.47. The fourth-order valence-electron chi connectivity index (χ4n) is 1.31. The quantitative estimate of drug-likeness (QED) is 0.740. The summed E-state index contributed by atoms with van der Waals surface area (Å²) < 4.78 is 0. The second-order valence-corrected chi connectivity index (χ2v) is 3.55. The lowest BCUT2D eigenvalue weighted by Gasteiger charge is -2.22. The van der Waals surface area contributed by atoms with Crippen LogP contribution in [0.3, 0.4) is 0 Å². The van der Waals surface area contributed by atoms with Crippen LogP contribution >= 0.6 is 0 Å². The molecule has 74 valence electrons. The van der Waals surface area contributed by atoms with Crippen LogP contribution in [0.25, 0.3) is 0 Å². The third-order valence-electron chi connectivity index (χ3n) is 2.17. The summed E-state index contributed by atoms with van der Waals surface area (Å²) in [5, 5.41) is 10.0. The number of rotatable bonds is 3. The van der Waals surface area contributed by atoms with Crippen LogP contribution in [0.15, 0.2) is 42.5 Å². The normalized spacial score (nSPS) is 14.5. The van der Waals surface area contributed by atoms with Gasteiger partial charge in [-0.25, -0.2) is 0 Å². The van der Waals surface area contributed by atoms with E-state index in [2.05, 4.69) is 6.58 Å². The van der Waals surface area contributed by atoms with E-state index in [1.165, 1.54) is 6.92 Å². The van der Waals surface area contributed by atoms with Gasteiger partial charge < -0.3 is 5.11 Å². The van der Waals surface area contributed by atoms with E-state index in [0.717, 1.165) is 0 Å². The minimum Gasteiger partial charge on any atom is -0.377 e. The lowest BCUT2D eigenvalue weighted by Crippen LogP contribution is -2.32. The van der Waals surface area contributed by atoms with Crippen LogP contribution in [0, 0.1) is 0 Å². The van der Waals surface area contributed by atoms with Gasteiger partial charge in [0.15, 0.2) is 5.78 Å². The Bertz CT molecular complexity index is 350. The van der Waals surface area contributed by atoms with Crippen molar-refractivity contribution in [1.29, 1.82) is 0 Å². The Morgan fingerprint density at radius 1 is 1.36 bits per heavy atom. The monoisotopic (exact) mass is 190 g/mol. The molecule has 1 atom stereocenters. The van der Waals surface area contributed by atoms with Crippen molar-refractivity contribution < 1.29 is 9.90 Å². The topological polar surface area (TPSA) is 37.3 Å².